The van der Waals surface area contributed by atoms with Crippen molar-refractivity contribution in [2.24, 2.45) is 0 Å². The summed E-state index contributed by atoms with van der Waals surface area (Å²) < 4.78 is 0. The zero-order valence-electron chi connectivity index (χ0n) is 10.4. The second-order valence-corrected chi connectivity index (χ2v) is 4.39. The zero-order valence-corrected chi connectivity index (χ0v) is 10.4. The van der Waals surface area contributed by atoms with Crippen molar-refractivity contribution in [1.29, 1.82) is 0 Å². The molecule has 0 heterocycles. The number of nitrogens with one attached hydrogen (secondary N) is 1. The second kappa shape index (κ2) is 7.60. The molecule has 0 saturated heterocycles. The van der Waals surface area contributed by atoms with Crippen molar-refractivity contribution in [1.82, 2.24) is 5.32 Å². The van der Waals surface area contributed by atoms with Gasteiger partial charge in [0.05, 0.1) is 5.60 Å². The molecule has 2 unspecified atom stereocenters. The van der Waals surface area contributed by atoms with E-state index in [0.29, 0.717) is 19.3 Å². The Labute approximate surface area is 98.9 Å². The normalized spacial score (nSPS) is 15.5. The molecule has 0 aliphatic carbocycles. The number of hydrogen-bond donors (Lipinski definition) is 3. The Balaban J connectivity index is 4.41. The van der Waals surface area contributed by atoms with Gasteiger partial charge in [-0.15, -0.1) is 13.2 Å². The molecule has 0 aromatic heterocycles. The summed E-state index contributed by atoms with van der Waals surface area (Å²) in [6.07, 6.45) is 5.18. The molecule has 0 aliphatic rings. The topological polar surface area (TPSA) is 52.5 Å². The molecule has 0 spiro atoms. The summed E-state index contributed by atoms with van der Waals surface area (Å²) in [5.74, 6) is 0. The summed E-state index contributed by atoms with van der Waals surface area (Å²) in [6, 6.07) is 0.117. The Morgan fingerprint density at radius 2 is 1.75 bits per heavy atom. The van der Waals surface area contributed by atoms with Crippen LogP contribution in [0.4, 0.5) is 0 Å². The van der Waals surface area contributed by atoms with E-state index in [1.165, 1.54) is 0 Å². The minimum Gasteiger partial charge on any atom is -0.396 e. The van der Waals surface area contributed by atoms with Crippen molar-refractivity contribution in [3.05, 3.63) is 25.3 Å². The van der Waals surface area contributed by atoms with Gasteiger partial charge in [0.1, 0.15) is 0 Å². The monoisotopic (exact) mass is 227 g/mol. The molecule has 0 aromatic rings. The largest absolute Gasteiger partial charge is 0.396 e. The second-order valence-electron chi connectivity index (χ2n) is 4.39. The summed E-state index contributed by atoms with van der Waals surface area (Å²) in [5.41, 5.74) is -0.840. The van der Waals surface area contributed by atoms with Gasteiger partial charge in [0.2, 0.25) is 0 Å². The fourth-order valence-electron chi connectivity index (χ4n) is 1.80. The summed E-state index contributed by atoms with van der Waals surface area (Å²) in [5, 5.41) is 22.5. The molecule has 0 aliphatic heterocycles. The number of hydrogen-bond acceptors (Lipinski definition) is 3. The first kappa shape index (κ1) is 15.4. The van der Waals surface area contributed by atoms with Gasteiger partial charge >= 0.3 is 0 Å². The predicted molar refractivity (Wildman–Crippen MR) is 68.3 cm³/mol. The van der Waals surface area contributed by atoms with E-state index in [1.54, 1.807) is 12.2 Å². The van der Waals surface area contributed by atoms with E-state index in [2.05, 4.69) is 18.5 Å². The fourth-order valence-corrected chi connectivity index (χ4v) is 1.80. The molecule has 3 N–H and O–H groups in total. The molecule has 0 amide bonds. The first-order chi connectivity index (χ1) is 7.50. The van der Waals surface area contributed by atoms with Crippen molar-refractivity contribution in [3.63, 3.8) is 0 Å². The van der Waals surface area contributed by atoms with Crippen molar-refractivity contribution in [3.8, 4) is 0 Å². The molecule has 16 heavy (non-hydrogen) atoms. The van der Waals surface area contributed by atoms with Gasteiger partial charge < -0.3 is 15.5 Å². The number of rotatable bonds is 9. The van der Waals surface area contributed by atoms with Gasteiger partial charge in [-0.25, -0.2) is 0 Å². The number of aliphatic hydroxyl groups is 2. The Hall–Kier alpha value is -0.640. The van der Waals surface area contributed by atoms with E-state index in [4.69, 9.17) is 5.11 Å². The van der Waals surface area contributed by atoms with Crippen LogP contribution in [0.5, 0.6) is 0 Å². The van der Waals surface area contributed by atoms with E-state index < -0.39 is 5.60 Å². The zero-order chi connectivity index (χ0) is 12.6. The van der Waals surface area contributed by atoms with Crippen LogP contribution in [0, 0.1) is 0 Å². The van der Waals surface area contributed by atoms with Crippen molar-refractivity contribution < 1.29 is 10.2 Å². The SMILES string of the molecule is C=CCC(O)(CC=C)C(C)NC(C)CCO. The lowest BCUT2D eigenvalue weighted by atomic mass is 9.87. The molecular weight excluding hydrogens is 202 g/mol. The predicted octanol–water partition coefficient (Wildman–Crippen LogP) is 1.62. The third kappa shape index (κ3) is 4.92. The Morgan fingerprint density at radius 3 is 2.12 bits per heavy atom. The maximum Gasteiger partial charge on any atom is 0.0865 e. The van der Waals surface area contributed by atoms with E-state index >= 15 is 0 Å². The standard InChI is InChI=1S/C13H25NO2/c1-5-8-13(16,9-6-2)12(4)14-11(3)7-10-15/h5-6,11-12,14-16H,1-2,7-10H2,3-4H3. The minimum atomic E-state index is -0.840. The van der Waals surface area contributed by atoms with Crippen LogP contribution in [-0.2, 0) is 0 Å². The first-order valence-electron chi connectivity index (χ1n) is 5.81. The molecule has 3 heteroatoms. The van der Waals surface area contributed by atoms with Crippen LogP contribution < -0.4 is 5.32 Å². The maximum atomic E-state index is 10.4. The van der Waals surface area contributed by atoms with Gasteiger partial charge in [-0.1, -0.05) is 12.2 Å². The molecule has 0 aromatic carbocycles. The van der Waals surface area contributed by atoms with E-state index in [0.717, 1.165) is 0 Å². The van der Waals surface area contributed by atoms with Crippen molar-refractivity contribution in [2.75, 3.05) is 6.61 Å². The summed E-state index contributed by atoms with van der Waals surface area (Å²) in [6.45, 7) is 11.4. The van der Waals surface area contributed by atoms with Crippen LogP contribution in [0.25, 0.3) is 0 Å². The van der Waals surface area contributed by atoms with Crippen LogP contribution in [0.3, 0.4) is 0 Å². The molecule has 0 radical (unpaired) electrons. The molecule has 0 bridgehead atoms. The number of aliphatic hydroxyl groups excluding tert-OH is 1. The molecule has 0 rings (SSSR count). The van der Waals surface area contributed by atoms with E-state index in [9.17, 15) is 5.11 Å². The van der Waals surface area contributed by atoms with Gasteiger partial charge in [-0.2, -0.15) is 0 Å². The molecular formula is C13H25NO2. The van der Waals surface area contributed by atoms with Crippen LogP contribution in [-0.4, -0.2) is 34.5 Å². The van der Waals surface area contributed by atoms with Crippen LogP contribution in [0.2, 0.25) is 0 Å². The lowest BCUT2D eigenvalue weighted by Gasteiger charge is -2.35. The Kier molecular flexibility index (Phi) is 7.30. The molecule has 94 valence electrons. The van der Waals surface area contributed by atoms with Gasteiger partial charge in [-0.05, 0) is 33.1 Å². The van der Waals surface area contributed by atoms with Crippen molar-refractivity contribution in [2.45, 2.75) is 50.8 Å². The quantitative estimate of drug-likeness (QED) is 0.525. The highest BCUT2D eigenvalue weighted by Crippen LogP contribution is 2.21. The average molecular weight is 227 g/mol. The van der Waals surface area contributed by atoms with Crippen LogP contribution in [0.1, 0.15) is 33.1 Å². The van der Waals surface area contributed by atoms with Crippen LogP contribution >= 0.6 is 0 Å². The minimum absolute atomic E-state index is 0.0648. The highest BCUT2D eigenvalue weighted by atomic mass is 16.3. The molecule has 2 atom stereocenters. The summed E-state index contributed by atoms with van der Waals surface area (Å²) in [4.78, 5) is 0. The summed E-state index contributed by atoms with van der Waals surface area (Å²) in [7, 11) is 0. The Bertz CT molecular complexity index is 206. The smallest absolute Gasteiger partial charge is 0.0865 e. The highest BCUT2D eigenvalue weighted by molar-refractivity contribution is 4.98. The van der Waals surface area contributed by atoms with Gasteiger partial charge in [0, 0.05) is 18.7 Å². The maximum absolute atomic E-state index is 10.4. The third-order valence-corrected chi connectivity index (χ3v) is 2.90. The average Bonchev–Trinajstić information content (AvgIpc) is 2.18. The van der Waals surface area contributed by atoms with Gasteiger partial charge in [-0.3, -0.25) is 0 Å². The third-order valence-electron chi connectivity index (χ3n) is 2.90. The van der Waals surface area contributed by atoms with Crippen LogP contribution in [0.15, 0.2) is 25.3 Å². The van der Waals surface area contributed by atoms with Gasteiger partial charge in [0.25, 0.3) is 0 Å². The van der Waals surface area contributed by atoms with E-state index in [1.807, 2.05) is 13.8 Å². The van der Waals surface area contributed by atoms with Crippen molar-refractivity contribution >= 4 is 0 Å². The molecule has 0 fully saturated rings. The first-order valence-corrected chi connectivity index (χ1v) is 5.81. The van der Waals surface area contributed by atoms with E-state index in [-0.39, 0.29) is 18.7 Å². The lowest BCUT2D eigenvalue weighted by molar-refractivity contribution is 0.00861. The van der Waals surface area contributed by atoms with Gasteiger partial charge in [0.15, 0.2) is 0 Å². The molecule has 0 saturated carbocycles. The molecule has 3 nitrogen and oxygen atoms in total. The fraction of sp³-hybridized carbons (Fsp3) is 0.692. The summed E-state index contributed by atoms with van der Waals surface area (Å²) >= 11 is 0. The Morgan fingerprint density at radius 1 is 1.25 bits per heavy atom. The lowest BCUT2D eigenvalue weighted by Crippen LogP contribution is -2.51. The highest BCUT2D eigenvalue weighted by Gasteiger charge is 2.31.